The fraction of sp³-hybridized carbons (Fsp3) is 0.538. The van der Waals surface area contributed by atoms with Crippen molar-refractivity contribution in [3.8, 4) is 0 Å². The molecule has 0 aliphatic heterocycles. The van der Waals surface area contributed by atoms with Crippen molar-refractivity contribution in [2.24, 2.45) is 5.73 Å². The third-order valence-corrected chi connectivity index (χ3v) is 3.38. The predicted octanol–water partition coefficient (Wildman–Crippen LogP) is 0.320. The standard InChI is InChI=1S/C13H19N3O2/c1-2-15-10-4-3-5-11-9(10)6-7-13(18)16(11)8-12(14)17/h6-7,10,15H,2-5,8H2,1H3,(H2,14,17). The van der Waals surface area contributed by atoms with E-state index in [4.69, 9.17) is 5.73 Å². The molecule has 0 aromatic carbocycles. The van der Waals surface area contributed by atoms with Gasteiger partial charge in [0.05, 0.1) is 0 Å². The van der Waals surface area contributed by atoms with Gasteiger partial charge in [-0.05, 0) is 31.4 Å². The zero-order valence-corrected chi connectivity index (χ0v) is 10.6. The molecular weight excluding hydrogens is 230 g/mol. The van der Waals surface area contributed by atoms with Crippen molar-refractivity contribution in [2.75, 3.05) is 6.54 Å². The maximum absolute atomic E-state index is 11.8. The van der Waals surface area contributed by atoms with Gasteiger partial charge in [-0.1, -0.05) is 13.0 Å². The predicted molar refractivity (Wildman–Crippen MR) is 69.3 cm³/mol. The van der Waals surface area contributed by atoms with Gasteiger partial charge in [0, 0.05) is 17.8 Å². The van der Waals surface area contributed by atoms with E-state index >= 15 is 0 Å². The summed E-state index contributed by atoms with van der Waals surface area (Å²) in [6, 6.07) is 3.68. The largest absolute Gasteiger partial charge is 0.368 e. The first-order valence-electron chi connectivity index (χ1n) is 6.37. The molecule has 1 heterocycles. The molecule has 1 unspecified atom stereocenters. The molecule has 5 nitrogen and oxygen atoms in total. The summed E-state index contributed by atoms with van der Waals surface area (Å²) in [4.78, 5) is 22.9. The number of amides is 1. The van der Waals surface area contributed by atoms with Crippen LogP contribution in [0.2, 0.25) is 0 Å². The molecule has 0 saturated carbocycles. The summed E-state index contributed by atoms with van der Waals surface area (Å²) in [6.45, 7) is 2.92. The van der Waals surface area contributed by atoms with E-state index in [9.17, 15) is 9.59 Å². The van der Waals surface area contributed by atoms with Crippen LogP contribution in [-0.2, 0) is 17.8 Å². The molecule has 1 aliphatic rings. The maximum atomic E-state index is 11.8. The lowest BCUT2D eigenvalue weighted by Crippen LogP contribution is -2.34. The molecule has 1 aromatic rings. The summed E-state index contributed by atoms with van der Waals surface area (Å²) < 4.78 is 1.52. The average Bonchev–Trinajstić information content (AvgIpc) is 2.33. The first-order chi connectivity index (χ1) is 8.63. The van der Waals surface area contributed by atoms with Gasteiger partial charge in [-0.3, -0.25) is 9.59 Å². The van der Waals surface area contributed by atoms with Crippen LogP contribution in [0, 0.1) is 0 Å². The second kappa shape index (κ2) is 5.35. The Kier molecular flexibility index (Phi) is 3.81. The number of rotatable bonds is 4. The van der Waals surface area contributed by atoms with Crippen molar-refractivity contribution in [1.82, 2.24) is 9.88 Å². The van der Waals surface area contributed by atoms with Gasteiger partial charge in [0.2, 0.25) is 5.91 Å². The number of primary amides is 1. The summed E-state index contributed by atoms with van der Waals surface area (Å²) >= 11 is 0. The van der Waals surface area contributed by atoms with Crippen LogP contribution in [0.25, 0.3) is 0 Å². The Morgan fingerprint density at radius 1 is 1.56 bits per heavy atom. The number of nitrogens with one attached hydrogen (secondary N) is 1. The molecular formula is C13H19N3O2. The van der Waals surface area contributed by atoms with Crippen LogP contribution in [0.5, 0.6) is 0 Å². The first-order valence-corrected chi connectivity index (χ1v) is 6.37. The summed E-state index contributed by atoms with van der Waals surface area (Å²) in [6.07, 6.45) is 2.92. The number of hydrogen-bond acceptors (Lipinski definition) is 3. The van der Waals surface area contributed by atoms with E-state index in [1.165, 1.54) is 10.6 Å². The molecule has 5 heteroatoms. The molecule has 0 fully saturated rings. The van der Waals surface area contributed by atoms with Gasteiger partial charge in [-0.25, -0.2) is 0 Å². The number of carbonyl (C=O) groups excluding carboxylic acids is 1. The number of nitrogens with zero attached hydrogens (tertiary/aromatic N) is 1. The smallest absolute Gasteiger partial charge is 0.251 e. The normalized spacial score (nSPS) is 18.4. The zero-order valence-electron chi connectivity index (χ0n) is 10.6. The van der Waals surface area contributed by atoms with Crippen LogP contribution in [0.4, 0.5) is 0 Å². The lowest BCUT2D eigenvalue weighted by atomic mass is 9.91. The van der Waals surface area contributed by atoms with E-state index in [0.717, 1.165) is 37.1 Å². The van der Waals surface area contributed by atoms with Crippen molar-refractivity contribution in [3.63, 3.8) is 0 Å². The molecule has 1 atom stereocenters. The molecule has 1 amide bonds. The molecule has 1 aliphatic carbocycles. The third kappa shape index (κ3) is 2.46. The first kappa shape index (κ1) is 12.8. The Labute approximate surface area is 106 Å². The third-order valence-electron chi connectivity index (χ3n) is 3.38. The molecule has 2 rings (SSSR count). The summed E-state index contributed by atoms with van der Waals surface area (Å²) in [5.41, 5.74) is 7.14. The molecule has 0 bridgehead atoms. The van der Waals surface area contributed by atoms with Gasteiger partial charge >= 0.3 is 0 Å². The second-order valence-corrected chi connectivity index (χ2v) is 4.63. The minimum atomic E-state index is -0.476. The van der Waals surface area contributed by atoms with E-state index in [-0.39, 0.29) is 18.1 Å². The number of fused-ring (bicyclic) bond motifs is 1. The van der Waals surface area contributed by atoms with Gasteiger partial charge in [-0.15, -0.1) is 0 Å². The van der Waals surface area contributed by atoms with E-state index in [2.05, 4.69) is 12.2 Å². The van der Waals surface area contributed by atoms with Gasteiger partial charge in [-0.2, -0.15) is 0 Å². The Morgan fingerprint density at radius 3 is 3.00 bits per heavy atom. The molecule has 3 N–H and O–H groups in total. The Balaban J connectivity index is 2.45. The fourth-order valence-corrected chi connectivity index (χ4v) is 2.65. The maximum Gasteiger partial charge on any atom is 0.251 e. The number of hydrogen-bond donors (Lipinski definition) is 2. The Bertz CT molecular complexity index is 507. The van der Waals surface area contributed by atoms with Crippen molar-refractivity contribution in [1.29, 1.82) is 0 Å². The van der Waals surface area contributed by atoms with E-state index in [0.29, 0.717) is 0 Å². The monoisotopic (exact) mass is 249 g/mol. The molecule has 98 valence electrons. The van der Waals surface area contributed by atoms with E-state index in [1.54, 1.807) is 0 Å². The lowest BCUT2D eigenvalue weighted by Gasteiger charge is -2.28. The summed E-state index contributed by atoms with van der Waals surface area (Å²) in [7, 11) is 0. The highest BCUT2D eigenvalue weighted by molar-refractivity contribution is 5.73. The van der Waals surface area contributed by atoms with Gasteiger partial charge in [0.15, 0.2) is 0 Å². The highest BCUT2D eigenvalue weighted by Gasteiger charge is 2.22. The minimum absolute atomic E-state index is 0.0269. The van der Waals surface area contributed by atoms with Crippen LogP contribution in [-0.4, -0.2) is 17.0 Å². The van der Waals surface area contributed by atoms with Crippen LogP contribution in [0.15, 0.2) is 16.9 Å². The Morgan fingerprint density at radius 2 is 2.33 bits per heavy atom. The van der Waals surface area contributed by atoms with Crippen LogP contribution in [0.3, 0.4) is 0 Å². The topological polar surface area (TPSA) is 77.1 Å². The zero-order chi connectivity index (χ0) is 13.1. The van der Waals surface area contributed by atoms with Crippen LogP contribution in [0.1, 0.15) is 37.1 Å². The molecule has 1 aromatic heterocycles. The summed E-state index contributed by atoms with van der Waals surface area (Å²) in [5.74, 6) is -0.476. The quantitative estimate of drug-likeness (QED) is 0.806. The van der Waals surface area contributed by atoms with Gasteiger partial charge < -0.3 is 15.6 Å². The number of aromatic nitrogens is 1. The Hall–Kier alpha value is -1.62. The SMILES string of the molecule is CCNC1CCCc2c1ccc(=O)n2CC(N)=O. The lowest BCUT2D eigenvalue weighted by molar-refractivity contribution is -0.118. The van der Waals surface area contributed by atoms with Crippen molar-refractivity contribution in [3.05, 3.63) is 33.7 Å². The van der Waals surface area contributed by atoms with Crippen LogP contribution < -0.4 is 16.6 Å². The average molecular weight is 249 g/mol. The van der Waals surface area contributed by atoms with Crippen molar-refractivity contribution in [2.45, 2.75) is 38.8 Å². The number of carbonyl (C=O) groups is 1. The highest BCUT2D eigenvalue weighted by atomic mass is 16.2. The minimum Gasteiger partial charge on any atom is -0.368 e. The molecule has 0 spiro atoms. The fourth-order valence-electron chi connectivity index (χ4n) is 2.65. The van der Waals surface area contributed by atoms with Gasteiger partial charge in [0.25, 0.3) is 5.56 Å². The van der Waals surface area contributed by atoms with E-state index in [1.807, 2.05) is 6.07 Å². The van der Waals surface area contributed by atoms with Gasteiger partial charge in [0.1, 0.15) is 6.54 Å². The molecule has 18 heavy (non-hydrogen) atoms. The second-order valence-electron chi connectivity index (χ2n) is 4.63. The molecule has 0 radical (unpaired) electrons. The molecule has 0 saturated heterocycles. The number of nitrogens with two attached hydrogens (primary N) is 1. The van der Waals surface area contributed by atoms with Crippen molar-refractivity contribution < 1.29 is 4.79 Å². The number of pyridine rings is 1. The highest BCUT2D eigenvalue weighted by Crippen LogP contribution is 2.28. The summed E-state index contributed by atoms with van der Waals surface area (Å²) in [5, 5.41) is 3.41. The van der Waals surface area contributed by atoms with Crippen LogP contribution >= 0.6 is 0 Å². The van der Waals surface area contributed by atoms with Crippen molar-refractivity contribution >= 4 is 5.91 Å². The van der Waals surface area contributed by atoms with E-state index < -0.39 is 5.91 Å².